The van der Waals surface area contributed by atoms with Crippen LogP contribution in [0.2, 0.25) is 10.0 Å². The summed E-state index contributed by atoms with van der Waals surface area (Å²) < 4.78 is 13.2. The van der Waals surface area contributed by atoms with Gasteiger partial charge in [-0.1, -0.05) is 23.2 Å². The van der Waals surface area contributed by atoms with Gasteiger partial charge in [0.05, 0.1) is 11.3 Å². The molecule has 2 rings (SSSR count). The maximum atomic E-state index is 13.2. The Balaban J connectivity index is 2.18. The Hall–Kier alpha value is -2.31. The van der Waals surface area contributed by atoms with Crippen LogP contribution >= 0.6 is 23.2 Å². The molecule has 0 saturated carbocycles. The van der Waals surface area contributed by atoms with E-state index >= 15 is 0 Å². The third-order valence-corrected chi connectivity index (χ3v) is 3.05. The first-order chi connectivity index (χ1) is 10.3. The molecule has 3 amide bonds. The third-order valence-electron chi connectivity index (χ3n) is 2.62. The minimum absolute atomic E-state index is 0.0133. The Labute approximate surface area is 135 Å². The van der Waals surface area contributed by atoms with Crippen molar-refractivity contribution in [2.24, 2.45) is 5.73 Å². The van der Waals surface area contributed by atoms with Crippen molar-refractivity contribution in [1.82, 2.24) is 0 Å². The van der Waals surface area contributed by atoms with Crippen LogP contribution in [0.1, 0.15) is 10.4 Å². The van der Waals surface area contributed by atoms with Crippen LogP contribution in [0.5, 0.6) is 0 Å². The molecule has 0 saturated heterocycles. The molecule has 0 spiro atoms. The molecule has 0 aliphatic heterocycles. The van der Waals surface area contributed by atoms with Crippen molar-refractivity contribution in [2.75, 3.05) is 10.6 Å². The molecule has 8 heteroatoms. The van der Waals surface area contributed by atoms with Crippen molar-refractivity contribution in [3.8, 4) is 0 Å². The van der Waals surface area contributed by atoms with E-state index in [1.54, 1.807) is 0 Å². The van der Waals surface area contributed by atoms with Crippen molar-refractivity contribution in [3.05, 3.63) is 57.8 Å². The van der Waals surface area contributed by atoms with Crippen molar-refractivity contribution in [2.45, 2.75) is 0 Å². The molecule has 5 nitrogen and oxygen atoms in total. The number of nitrogens with one attached hydrogen (secondary N) is 2. The van der Waals surface area contributed by atoms with E-state index in [-0.39, 0.29) is 11.3 Å². The van der Waals surface area contributed by atoms with Gasteiger partial charge >= 0.3 is 6.03 Å². The molecule has 0 aliphatic carbocycles. The highest BCUT2D eigenvalue weighted by atomic mass is 35.5. The van der Waals surface area contributed by atoms with Gasteiger partial charge in [-0.2, -0.15) is 0 Å². The number of anilines is 2. The van der Waals surface area contributed by atoms with Gasteiger partial charge in [0.15, 0.2) is 0 Å². The largest absolute Gasteiger partial charge is 0.366 e. The van der Waals surface area contributed by atoms with E-state index in [0.717, 1.165) is 12.1 Å². The van der Waals surface area contributed by atoms with E-state index in [4.69, 9.17) is 28.9 Å². The lowest BCUT2D eigenvalue weighted by molar-refractivity contribution is 0.100. The molecule has 0 aromatic heterocycles. The Morgan fingerprint density at radius 3 is 2.23 bits per heavy atom. The summed E-state index contributed by atoms with van der Waals surface area (Å²) >= 11 is 11.6. The molecule has 0 atom stereocenters. The zero-order valence-electron chi connectivity index (χ0n) is 11.0. The van der Waals surface area contributed by atoms with E-state index < -0.39 is 17.8 Å². The number of rotatable bonds is 3. The molecule has 0 heterocycles. The monoisotopic (exact) mass is 341 g/mol. The highest BCUT2D eigenvalue weighted by Gasteiger charge is 2.12. The molecule has 0 unspecified atom stereocenters. The number of halogens is 3. The van der Waals surface area contributed by atoms with Gasteiger partial charge < -0.3 is 16.4 Å². The standard InChI is InChI=1S/C14H10Cl2FN3O2/c15-7-3-8(16)5-10(4-7)19-14(22)20-12-6-9(17)1-2-11(12)13(18)21/h1-6H,(H2,18,21)(H2,19,20,22). The fraction of sp³-hybridized carbons (Fsp3) is 0. The minimum atomic E-state index is -0.791. The van der Waals surface area contributed by atoms with Crippen molar-refractivity contribution in [3.63, 3.8) is 0 Å². The summed E-state index contributed by atoms with van der Waals surface area (Å²) in [5.41, 5.74) is 5.45. The Kier molecular flexibility index (Phi) is 4.85. The Bertz CT molecular complexity index is 733. The Morgan fingerprint density at radius 2 is 1.64 bits per heavy atom. The van der Waals surface area contributed by atoms with Gasteiger partial charge in [0.1, 0.15) is 5.82 Å². The predicted molar refractivity (Wildman–Crippen MR) is 84.0 cm³/mol. The fourth-order valence-corrected chi connectivity index (χ4v) is 2.27. The van der Waals surface area contributed by atoms with Crippen LogP contribution in [0.4, 0.5) is 20.6 Å². The van der Waals surface area contributed by atoms with E-state index in [1.807, 2.05) is 0 Å². The van der Waals surface area contributed by atoms with E-state index in [1.165, 1.54) is 24.3 Å². The number of hydrogen-bond donors (Lipinski definition) is 3. The highest BCUT2D eigenvalue weighted by Crippen LogP contribution is 2.23. The lowest BCUT2D eigenvalue weighted by atomic mass is 10.1. The fourth-order valence-electron chi connectivity index (χ4n) is 1.75. The number of hydrogen-bond acceptors (Lipinski definition) is 2. The normalized spacial score (nSPS) is 10.1. The number of carbonyl (C=O) groups is 2. The molecule has 0 radical (unpaired) electrons. The second-order valence-electron chi connectivity index (χ2n) is 4.29. The summed E-state index contributed by atoms with van der Waals surface area (Å²) in [7, 11) is 0. The second-order valence-corrected chi connectivity index (χ2v) is 5.16. The van der Waals surface area contributed by atoms with Gasteiger partial charge in [-0.15, -0.1) is 0 Å². The van der Waals surface area contributed by atoms with E-state index in [2.05, 4.69) is 10.6 Å². The first kappa shape index (κ1) is 16.1. The van der Waals surface area contributed by atoms with E-state index in [9.17, 15) is 14.0 Å². The molecule has 114 valence electrons. The van der Waals surface area contributed by atoms with Crippen LogP contribution in [0.25, 0.3) is 0 Å². The number of benzene rings is 2. The molecule has 0 bridgehead atoms. The van der Waals surface area contributed by atoms with Gasteiger partial charge in [-0.05, 0) is 36.4 Å². The summed E-state index contributed by atoms with van der Waals surface area (Å²) in [4.78, 5) is 23.2. The second kappa shape index (κ2) is 6.64. The summed E-state index contributed by atoms with van der Waals surface area (Å²) in [5.74, 6) is -1.41. The third kappa shape index (κ3) is 4.09. The molecular formula is C14H10Cl2FN3O2. The molecule has 2 aromatic carbocycles. The van der Waals surface area contributed by atoms with Crippen LogP contribution in [0.15, 0.2) is 36.4 Å². The van der Waals surface area contributed by atoms with Gasteiger partial charge in [-0.25, -0.2) is 9.18 Å². The average Bonchev–Trinajstić information content (AvgIpc) is 2.36. The molecule has 22 heavy (non-hydrogen) atoms. The summed E-state index contributed by atoms with van der Waals surface area (Å²) in [6.07, 6.45) is 0. The first-order valence-electron chi connectivity index (χ1n) is 5.98. The Morgan fingerprint density at radius 1 is 1.00 bits per heavy atom. The average molecular weight is 342 g/mol. The number of urea groups is 1. The lowest BCUT2D eigenvalue weighted by Crippen LogP contribution is -2.22. The van der Waals surface area contributed by atoms with Crippen LogP contribution in [0, 0.1) is 5.82 Å². The zero-order valence-corrected chi connectivity index (χ0v) is 12.5. The number of amides is 3. The van der Waals surface area contributed by atoms with E-state index in [0.29, 0.717) is 15.7 Å². The molecule has 2 aromatic rings. The van der Waals surface area contributed by atoms with Crippen molar-refractivity contribution < 1.29 is 14.0 Å². The van der Waals surface area contributed by atoms with Crippen LogP contribution in [-0.2, 0) is 0 Å². The predicted octanol–water partition coefficient (Wildman–Crippen LogP) is 3.88. The van der Waals surface area contributed by atoms with Crippen LogP contribution in [0.3, 0.4) is 0 Å². The molecule has 4 N–H and O–H groups in total. The maximum Gasteiger partial charge on any atom is 0.323 e. The quantitative estimate of drug-likeness (QED) is 0.791. The zero-order chi connectivity index (χ0) is 16.3. The van der Waals surface area contributed by atoms with Crippen LogP contribution in [-0.4, -0.2) is 11.9 Å². The molecular weight excluding hydrogens is 332 g/mol. The summed E-state index contributed by atoms with van der Waals surface area (Å²) in [5, 5.41) is 5.49. The molecule has 0 fully saturated rings. The van der Waals surface area contributed by atoms with Crippen molar-refractivity contribution >= 4 is 46.5 Å². The minimum Gasteiger partial charge on any atom is -0.366 e. The van der Waals surface area contributed by atoms with Crippen LogP contribution < -0.4 is 16.4 Å². The summed E-state index contributed by atoms with van der Waals surface area (Å²) in [6.45, 7) is 0. The SMILES string of the molecule is NC(=O)c1ccc(F)cc1NC(=O)Nc1cc(Cl)cc(Cl)c1. The number of nitrogens with two attached hydrogens (primary N) is 1. The lowest BCUT2D eigenvalue weighted by Gasteiger charge is -2.11. The molecule has 0 aliphatic rings. The van der Waals surface area contributed by atoms with Gasteiger partial charge in [0.25, 0.3) is 5.91 Å². The van der Waals surface area contributed by atoms with Gasteiger partial charge in [0.2, 0.25) is 0 Å². The highest BCUT2D eigenvalue weighted by molar-refractivity contribution is 6.35. The summed E-state index contributed by atoms with van der Waals surface area (Å²) in [6, 6.07) is 7.01. The maximum absolute atomic E-state index is 13.2. The van der Waals surface area contributed by atoms with Gasteiger partial charge in [-0.3, -0.25) is 4.79 Å². The van der Waals surface area contributed by atoms with Gasteiger partial charge in [0, 0.05) is 15.7 Å². The topological polar surface area (TPSA) is 84.2 Å². The number of carbonyl (C=O) groups excluding carboxylic acids is 2. The number of primary amides is 1. The first-order valence-corrected chi connectivity index (χ1v) is 6.74. The smallest absolute Gasteiger partial charge is 0.323 e. The van der Waals surface area contributed by atoms with Crippen molar-refractivity contribution in [1.29, 1.82) is 0 Å².